The fourth-order valence-electron chi connectivity index (χ4n) is 4.09. The third-order valence-electron chi connectivity index (χ3n) is 5.95. The van der Waals surface area contributed by atoms with Gasteiger partial charge in [0.2, 0.25) is 17.6 Å². The van der Waals surface area contributed by atoms with Crippen LogP contribution in [0.4, 0.5) is 5.13 Å². The van der Waals surface area contributed by atoms with Crippen LogP contribution in [0, 0.1) is 5.92 Å². The van der Waals surface area contributed by atoms with Crippen LogP contribution in [0.5, 0.6) is 11.5 Å². The number of fused-ring (bicyclic) bond motifs is 1. The second-order valence-corrected chi connectivity index (χ2v) is 9.14. The minimum absolute atomic E-state index is 0.0340. The number of ether oxygens (including phenoxy) is 2. The first-order valence-electron chi connectivity index (χ1n) is 11.1. The topological polar surface area (TPSA) is 103 Å². The van der Waals surface area contributed by atoms with E-state index in [1.807, 2.05) is 42.5 Å². The van der Waals surface area contributed by atoms with Gasteiger partial charge in [-0.05, 0) is 56.3 Å². The molecule has 0 aliphatic carbocycles. The maximum absolute atomic E-state index is 12.7. The fraction of sp³-hybridized carbons (Fsp3) is 0.333. The number of carbonyl (C=O) groups excluding carboxylic acids is 1. The molecule has 0 saturated carbocycles. The van der Waals surface area contributed by atoms with Crippen molar-refractivity contribution in [2.24, 2.45) is 5.92 Å². The largest absolute Gasteiger partial charge is 0.493 e. The number of piperidine rings is 1. The highest BCUT2D eigenvalue weighted by molar-refractivity contribution is 7.22. The first-order chi connectivity index (χ1) is 16.6. The predicted molar refractivity (Wildman–Crippen MR) is 129 cm³/mol. The number of nitrogens with zero attached hydrogens (tertiary/aromatic N) is 4. The molecule has 1 N–H and O–H groups in total. The molecule has 5 rings (SSSR count). The van der Waals surface area contributed by atoms with E-state index in [1.54, 1.807) is 14.2 Å². The summed E-state index contributed by atoms with van der Waals surface area (Å²) in [6.45, 7) is 2.12. The molecule has 0 spiro atoms. The third kappa shape index (κ3) is 4.73. The molecule has 0 atom stereocenters. The van der Waals surface area contributed by atoms with Crippen LogP contribution in [0.2, 0.25) is 0 Å². The molecule has 2 aromatic carbocycles. The first kappa shape index (κ1) is 22.3. The van der Waals surface area contributed by atoms with Gasteiger partial charge < -0.3 is 19.3 Å². The third-order valence-corrected chi connectivity index (χ3v) is 6.90. The lowest BCUT2D eigenvalue weighted by molar-refractivity contribution is -0.121. The summed E-state index contributed by atoms with van der Waals surface area (Å²) in [5, 5.41) is 7.76. The van der Waals surface area contributed by atoms with Gasteiger partial charge in [-0.25, -0.2) is 4.98 Å². The standard InChI is InChI=1S/C24H25N5O4S/c1-31-18-8-7-16(13-19(18)32-2)22-26-21(33-28-22)14-29-11-9-15(10-12-29)23(30)27-24-25-17-5-3-4-6-20(17)34-24/h3-8,13,15H,9-12,14H2,1-2H3,(H,25,27,30). The van der Waals surface area contributed by atoms with Crippen LogP contribution in [-0.2, 0) is 11.3 Å². The second-order valence-electron chi connectivity index (χ2n) is 8.11. The highest BCUT2D eigenvalue weighted by Crippen LogP contribution is 2.31. The Labute approximate surface area is 200 Å². The predicted octanol–water partition coefficient (Wildman–Crippen LogP) is 4.21. The molecule has 1 amide bonds. The van der Waals surface area contributed by atoms with E-state index in [0.717, 1.165) is 41.7 Å². The van der Waals surface area contributed by atoms with Gasteiger partial charge in [0.05, 0.1) is 31.0 Å². The Morgan fingerprint density at radius 3 is 2.68 bits per heavy atom. The molecule has 9 nitrogen and oxygen atoms in total. The van der Waals surface area contributed by atoms with E-state index in [0.29, 0.717) is 34.9 Å². The molecule has 1 saturated heterocycles. The van der Waals surface area contributed by atoms with Crippen molar-refractivity contribution in [3.63, 3.8) is 0 Å². The summed E-state index contributed by atoms with van der Waals surface area (Å²) in [6, 6.07) is 13.4. The zero-order valence-corrected chi connectivity index (χ0v) is 19.8. The van der Waals surface area contributed by atoms with E-state index < -0.39 is 0 Å². The normalized spacial score (nSPS) is 14.9. The van der Waals surface area contributed by atoms with Crippen LogP contribution < -0.4 is 14.8 Å². The zero-order chi connectivity index (χ0) is 23.5. The number of benzene rings is 2. The Morgan fingerprint density at radius 2 is 1.91 bits per heavy atom. The number of hydrogen-bond acceptors (Lipinski definition) is 9. The zero-order valence-electron chi connectivity index (χ0n) is 19.0. The van der Waals surface area contributed by atoms with E-state index in [4.69, 9.17) is 14.0 Å². The van der Waals surface area contributed by atoms with E-state index in [9.17, 15) is 4.79 Å². The lowest BCUT2D eigenvalue weighted by Crippen LogP contribution is -2.37. The Kier molecular flexibility index (Phi) is 6.41. The van der Waals surface area contributed by atoms with Crippen molar-refractivity contribution in [2.45, 2.75) is 19.4 Å². The van der Waals surface area contributed by atoms with Crippen molar-refractivity contribution in [2.75, 3.05) is 32.6 Å². The Morgan fingerprint density at radius 1 is 1.12 bits per heavy atom. The highest BCUT2D eigenvalue weighted by Gasteiger charge is 2.26. The summed E-state index contributed by atoms with van der Waals surface area (Å²) in [5.41, 5.74) is 1.70. The summed E-state index contributed by atoms with van der Waals surface area (Å²) in [4.78, 5) is 24.0. The number of aromatic nitrogens is 3. The van der Waals surface area contributed by atoms with Gasteiger partial charge in [-0.15, -0.1) is 0 Å². The fourth-order valence-corrected chi connectivity index (χ4v) is 4.96. The molecular weight excluding hydrogens is 454 g/mol. The Balaban J connectivity index is 1.15. The molecule has 1 aliphatic heterocycles. The SMILES string of the molecule is COc1ccc(-c2noc(CN3CCC(C(=O)Nc4nc5ccccc5s4)CC3)n2)cc1OC. The molecule has 0 radical (unpaired) electrons. The van der Waals surface area contributed by atoms with Crippen LogP contribution >= 0.6 is 11.3 Å². The number of anilines is 1. The molecule has 1 fully saturated rings. The minimum Gasteiger partial charge on any atom is -0.493 e. The second kappa shape index (κ2) is 9.78. The van der Waals surface area contributed by atoms with Crippen LogP contribution in [0.3, 0.4) is 0 Å². The average Bonchev–Trinajstić information content (AvgIpc) is 3.50. The van der Waals surface area contributed by atoms with E-state index in [1.165, 1.54) is 11.3 Å². The van der Waals surface area contributed by atoms with E-state index in [2.05, 4.69) is 25.3 Å². The van der Waals surface area contributed by atoms with Gasteiger partial charge in [0.25, 0.3) is 0 Å². The monoisotopic (exact) mass is 479 g/mol. The lowest BCUT2D eigenvalue weighted by atomic mass is 9.96. The van der Waals surface area contributed by atoms with Crippen molar-refractivity contribution in [1.29, 1.82) is 0 Å². The number of thiazole rings is 1. The van der Waals surface area contributed by atoms with Gasteiger partial charge in [-0.3, -0.25) is 9.69 Å². The number of para-hydroxylation sites is 1. The van der Waals surface area contributed by atoms with E-state index >= 15 is 0 Å². The Hall–Kier alpha value is -3.50. The van der Waals surface area contributed by atoms with Crippen LogP contribution in [-0.4, -0.2) is 53.2 Å². The number of amides is 1. The highest BCUT2D eigenvalue weighted by atomic mass is 32.1. The number of hydrogen-bond donors (Lipinski definition) is 1. The molecule has 10 heteroatoms. The number of rotatable bonds is 7. The molecule has 3 heterocycles. The van der Waals surface area contributed by atoms with Crippen molar-refractivity contribution in [1.82, 2.24) is 20.0 Å². The molecule has 0 bridgehead atoms. The molecule has 176 valence electrons. The maximum atomic E-state index is 12.7. The van der Waals surface area contributed by atoms with Gasteiger partial charge in [0.1, 0.15) is 0 Å². The van der Waals surface area contributed by atoms with Gasteiger partial charge in [-0.2, -0.15) is 4.98 Å². The maximum Gasteiger partial charge on any atom is 0.241 e. The summed E-state index contributed by atoms with van der Waals surface area (Å²) < 4.78 is 17.2. The summed E-state index contributed by atoms with van der Waals surface area (Å²) in [6.07, 6.45) is 1.54. The van der Waals surface area contributed by atoms with Crippen molar-refractivity contribution in [3.8, 4) is 22.9 Å². The van der Waals surface area contributed by atoms with Crippen LogP contribution in [0.25, 0.3) is 21.6 Å². The average molecular weight is 480 g/mol. The number of likely N-dealkylation sites (tertiary alicyclic amines) is 1. The van der Waals surface area contributed by atoms with E-state index in [-0.39, 0.29) is 11.8 Å². The quantitative estimate of drug-likeness (QED) is 0.420. The molecule has 4 aromatic rings. The Bertz CT molecular complexity index is 1260. The van der Waals surface area contributed by atoms with Crippen LogP contribution in [0.1, 0.15) is 18.7 Å². The molecule has 1 aliphatic rings. The molecule has 0 unspecified atom stereocenters. The van der Waals surface area contributed by atoms with Gasteiger partial charge in [-0.1, -0.05) is 28.6 Å². The van der Waals surface area contributed by atoms with Gasteiger partial charge in [0.15, 0.2) is 16.6 Å². The number of carbonyl (C=O) groups is 1. The molecular formula is C24H25N5O4S. The molecule has 34 heavy (non-hydrogen) atoms. The van der Waals surface area contributed by atoms with Crippen LogP contribution in [0.15, 0.2) is 47.0 Å². The van der Waals surface area contributed by atoms with Crippen molar-refractivity contribution >= 4 is 32.6 Å². The van der Waals surface area contributed by atoms with Crippen molar-refractivity contribution < 1.29 is 18.8 Å². The van der Waals surface area contributed by atoms with Crippen molar-refractivity contribution in [3.05, 3.63) is 48.4 Å². The van der Waals surface area contributed by atoms with Gasteiger partial charge in [0, 0.05) is 11.5 Å². The van der Waals surface area contributed by atoms with Gasteiger partial charge >= 0.3 is 0 Å². The summed E-state index contributed by atoms with van der Waals surface area (Å²) >= 11 is 1.50. The molecule has 2 aromatic heterocycles. The lowest BCUT2D eigenvalue weighted by Gasteiger charge is -2.29. The summed E-state index contributed by atoms with van der Waals surface area (Å²) in [5.74, 6) is 2.30. The first-order valence-corrected chi connectivity index (χ1v) is 11.9. The number of methoxy groups -OCH3 is 2. The summed E-state index contributed by atoms with van der Waals surface area (Å²) in [7, 11) is 3.18. The minimum atomic E-state index is -0.0340. The number of nitrogens with one attached hydrogen (secondary N) is 1. The smallest absolute Gasteiger partial charge is 0.241 e.